The van der Waals surface area contributed by atoms with Gasteiger partial charge in [-0.15, -0.1) is 0 Å². The second-order valence-corrected chi connectivity index (χ2v) is 9.96. The van der Waals surface area contributed by atoms with Crippen molar-refractivity contribution in [3.63, 3.8) is 0 Å². The van der Waals surface area contributed by atoms with E-state index in [0.717, 1.165) is 11.1 Å². The largest absolute Gasteiger partial charge is 0.461 e. The van der Waals surface area contributed by atoms with Gasteiger partial charge in [0.05, 0.1) is 6.42 Å². The van der Waals surface area contributed by atoms with Crippen LogP contribution in [0, 0.1) is 0 Å². The second kappa shape index (κ2) is 14.5. The number of benzene rings is 2. The Morgan fingerprint density at radius 2 is 1.48 bits per heavy atom. The molecule has 2 amide bonds. The lowest BCUT2D eigenvalue weighted by Gasteiger charge is -2.23. The molecule has 2 aromatic carbocycles. The number of carbonyl (C=O) groups excluding carboxylic acids is 3. The van der Waals surface area contributed by atoms with Crippen LogP contribution in [-0.2, 0) is 38.8 Å². The van der Waals surface area contributed by atoms with Crippen molar-refractivity contribution in [3.05, 3.63) is 94.5 Å². The molecule has 11 heteroatoms. The number of hydrogen-bond acceptors (Lipinski definition) is 8. The van der Waals surface area contributed by atoms with Crippen molar-refractivity contribution in [1.82, 2.24) is 14.9 Å². The molecule has 40 heavy (non-hydrogen) atoms. The Kier molecular flexibility index (Phi) is 10.8. The molecule has 3 aromatic rings. The molecule has 0 fully saturated rings. The maximum atomic E-state index is 12.6. The highest BCUT2D eigenvalue weighted by atomic mass is 16.6. The molecule has 0 radical (unpaired) electrons. The van der Waals surface area contributed by atoms with E-state index in [4.69, 9.17) is 14.2 Å². The van der Waals surface area contributed by atoms with Gasteiger partial charge in [-0.25, -0.2) is 14.4 Å². The zero-order valence-electron chi connectivity index (χ0n) is 22.8. The summed E-state index contributed by atoms with van der Waals surface area (Å²) >= 11 is 0. The van der Waals surface area contributed by atoms with Gasteiger partial charge in [-0.1, -0.05) is 60.7 Å². The normalized spacial score (nSPS) is 11.7. The number of ether oxygens (including phenoxy) is 3. The van der Waals surface area contributed by atoms with E-state index in [-0.39, 0.29) is 38.4 Å². The third-order valence-corrected chi connectivity index (χ3v) is 5.41. The van der Waals surface area contributed by atoms with Gasteiger partial charge < -0.3 is 19.5 Å². The molecule has 0 unspecified atom stereocenters. The standard InChI is InChI=1S/C29H34N4O7/c1-29(2,3)40-28(37)30-23(18-25(34)38-19-21-10-6-4-7-11-21)14-16-33-17-15-24(31-26(33)35)32-27(36)39-20-22-12-8-5-9-13-22/h4-13,15,17,23H,14,16,18-20H2,1-3H3,(H,30,37)(H,31,32,35,36)/t23-/m1/s1. The van der Waals surface area contributed by atoms with Crippen molar-refractivity contribution in [2.24, 2.45) is 0 Å². The van der Waals surface area contributed by atoms with Crippen molar-refractivity contribution in [3.8, 4) is 0 Å². The monoisotopic (exact) mass is 550 g/mol. The van der Waals surface area contributed by atoms with Crippen LogP contribution in [0.3, 0.4) is 0 Å². The maximum absolute atomic E-state index is 12.6. The van der Waals surface area contributed by atoms with Gasteiger partial charge in [0.15, 0.2) is 0 Å². The summed E-state index contributed by atoms with van der Waals surface area (Å²) in [5.41, 5.74) is 0.305. The summed E-state index contributed by atoms with van der Waals surface area (Å²) in [6.07, 6.45) is 0.117. The SMILES string of the molecule is CC(C)(C)OC(=O)N[C@H](CCn1ccc(NC(=O)OCc2ccccc2)nc1=O)CC(=O)OCc1ccccc1. The molecule has 0 spiro atoms. The van der Waals surface area contributed by atoms with Crippen LogP contribution in [0.25, 0.3) is 0 Å². The summed E-state index contributed by atoms with van der Waals surface area (Å²) in [4.78, 5) is 53.4. The van der Waals surface area contributed by atoms with Gasteiger partial charge in [0.25, 0.3) is 0 Å². The van der Waals surface area contributed by atoms with Crippen LogP contribution in [0.1, 0.15) is 44.7 Å². The van der Waals surface area contributed by atoms with Crippen LogP contribution >= 0.6 is 0 Å². The lowest BCUT2D eigenvalue weighted by Crippen LogP contribution is -2.41. The number of esters is 1. The number of anilines is 1. The lowest BCUT2D eigenvalue weighted by atomic mass is 10.1. The van der Waals surface area contributed by atoms with Gasteiger partial charge in [-0.2, -0.15) is 4.98 Å². The van der Waals surface area contributed by atoms with E-state index in [2.05, 4.69) is 15.6 Å². The number of carbonyl (C=O) groups is 3. The molecule has 2 N–H and O–H groups in total. The minimum Gasteiger partial charge on any atom is -0.461 e. The molecule has 1 atom stereocenters. The first-order chi connectivity index (χ1) is 19.1. The minimum atomic E-state index is -0.746. The molecule has 0 aliphatic carbocycles. The number of rotatable bonds is 11. The number of aromatic nitrogens is 2. The fraction of sp³-hybridized carbons (Fsp3) is 0.345. The predicted octanol–water partition coefficient (Wildman–Crippen LogP) is 4.41. The Morgan fingerprint density at radius 1 is 0.875 bits per heavy atom. The van der Waals surface area contributed by atoms with Gasteiger partial charge in [0.1, 0.15) is 24.6 Å². The quantitative estimate of drug-likeness (QED) is 0.265. The van der Waals surface area contributed by atoms with E-state index in [0.29, 0.717) is 0 Å². The zero-order chi connectivity index (χ0) is 29.0. The van der Waals surface area contributed by atoms with Crippen LogP contribution in [0.5, 0.6) is 0 Å². The number of nitrogens with one attached hydrogen (secondary N) is 2. The van der Waals surface area contributed by atoms with Crippen LogP contribution < -0.4 is 16.3 Å². The molecule has 1 aromatic heterocycles. The van der Waals surface area contributed by atoms with E-state index in [1.54, 1.807) is 20.8 Å². The van der Waals surface area contributed by atoms with Crippen LogP contribution in [0.15, 0.2) is 77.7 Å². The average molecular weight is 551 g/mol. The Labute approximate surface area is 232 Å². The van der Waals surface area contributed by atoms with E-state index in [9.17, 15) is 19.2 Å². The van der Waals surface area contributed by atoms with Gasteiger partial charge in [0, 0.05) is 18.8 Å². The van der Waals surface area contributed by atoms with Crippen molar-refractivity contribution in [2.45, 2.75) is 65.0 Å². The number of aryl methyl sites for hydroxylation is 1. The molecule has 0 saturated heterocycles. The van der Waals surface area contributed by atoms with E-state index in [1.165, 1.54) is 16.8 Å². The highest BCUT2D eigenvalue weighted by Crippen LogP contribution is 2.11. The molecular formula is C29H34N4O7. The van der Waals surface area contributed by atoms with Crippen molar-refractivity contribution < 1.29 is 28.6 Å². The maximum Gasteiger partial charge on any atom is 0.413 e. The number of alkyl carbamates (subject to hydrolysis) is 1. The van der Waals surface area contributed by atoms with Gasteiger partial charge in [0.2, 0.25) is 0 Å². The highest BCUT2D eigenvalue weighted by molar-refractivity contribution is 5.83. The molecule has 11 nitrogen and oxygen atoms in total. The summed E-state index contributed by atoms with van der Waals surface area (Å²) in [7, 11) is 0. The number of hydrogen-bond donors (Lipinski definition) is 2. The minimum absolute atomic E-state index is 0.0345. The summed E-state index contributed by atoms with van der Waals surface area (Å²) in [5.74, 6) is -0.476. The van der Waals surface area contributed by atoms with Crippen molar-refractivity contribution in [1.29, 1.82) is 0 Å². The lowest BCUT2D eigenvalue weighted by molar-refractivity contribution is -0.145. The van der Waals surface area contributed by atoms with Crippen molar-refractivity contribution in [2.75, 3.05) is 5.32 Å². The molecule has 0 aliphatic rings. The van der Waals surface area contributed by atoms with E-state index < -0.39 is 35.5 Å². The third kappa shape index (κ3) is 11.0. The average Bonchev–Trinajstić information content (AvgIpc) is 2.90. The Balaban J connectivity index is 1.56. The zero-order valence-corrected chi connectivity index (χ0v) is 22.8. The summed E-state index contributed by atoms with van der Waals surface area (Å²) in [5, 5.41) is 5.11. The fourth-order valence-corrected chi connectivity index (χ4v) is 3.53. The predicted molar refractivity (Wildman–Crippen MR) is 147 cm³/mol. The van der Waals surface area contributed by atoms with Gasteiger partial charge in [-0.3, -0.25) is 14.7 Å². The van der Waals surface area contributed by atoms with Crippen LogP contribution in [0.2, 0.25) is 0 Å². The molecular weight excluding hydrogens is 516 g/mol. The summed E-state index contributed by atoms with van der Waals surface area (Å²) in [6, 6.07) is 19.2. The van der Waals surface area contributed by atoms with E-state index >= 15 is 0 Å². The third-order valence-electron chi connectivity index (χ3n) is 5.41. The fourth-order valence-electron chi connectivity index (χ4n) is 3.53. The van der Waals surface area contributed by atoms with Crippen molar-refractivity contribution >= 4 is 24.0 Å². The molecule has 1 heterocycles. The molecule has 212 valence electrons. The molecule has 0 saturated carbocycles. The van der Waals surface area contributed by atoms with Crippen LogP contribution in [-0.4, -0.2) is 39.3 Å². The molecule has 3 rings (SSSR count). The summed E-state index contributed by atoms with van der Waals surface area (Å²) < 4.78 is 17.1. The Bertz CT molecular complexity index is 1320. The highest BCUT2D eigenvalue weighted by Gasteiger charge is 2.22. The smallest absolute Gasteiger partial charge is 0.413 e. The number of nitrogens with zero attached hydrogens (tertiary/aromatic N) is 2. The molecule has 0 bridgehead atoms. The summed E-state index contributed by atoms with van der Waals surface area (Å²) in [6.45, 7) is 5.50. The first-order valence-electron chi connectivity index (χ1n) is 12.8. The van der Waals surface area contributed by atoms with E-state index in [1.807, 2.05) is 60.7 Å². The second-order valence-electron chi connectivity index (χ2n) is 9.96. The topological polar surface area (TPSA) is 138 Å². The first kappa shape index (κ1) is 29.9. The van der Waals surface area contributed by atoms with Gasteiger partial charge in [-0.05, 0) is 44.4 Å². The first-order valence-corrected chi connectivity index (χ1v) is 12.8. The number of amides is 2. The molecule has 0 aliphatic heterocycles. The Hall–Kier alpha value is -4.67. The Morgan fingerprint density at radius 3 is 2.05 bits per heavy atom. The van der Waals surface area contributed by atoms with Gasteiger partial charge >= 0.3 is 23.8 Å². The van der Waals surface area contributed by atoms with Crippen LogP contribution in [0.4, 0.5) is 15.4 Å².